The van der Waals surface area contributed by atoms with Crippen molar-refractivity contribution in [2.24, 2.45) is 0 Å². The molecule has 0 saturated heterocycles. The van der Waals surface area contributed by atoms with Crippen LogP contribution in [-0.4, -0.2) is 10.1 Å². The van der Waals surface area contributed by atoms with Gasteiger partial charge in [0.25, 0.3) is 0 Å². The first-order valence-electron chi connectivity index (χ1n) is 3.41. The van der Waals surface area contributed by atoms with E-state index >= 15 is 0 Å². The van der Waals surface area contributed by atoms with Crippen LogP contribution >= 0.6 is 0 Å². The van der Waals surface area contributed by atoms with Crippen molar-refractivity contribution in [3.05, 3.63) is 29.6 Å². The molecule has 1 aromatic rings. The van der Waals surface area contributed by atoms with Crippen LogP contribution in [0.15, 0.2) is 18.5 Å². The van der Waals surface area contributed by atoms with Crippen LogP contribution < -0.4 is 0 Å². The maximum atomic E-state index is 8.82. The Bertz CT molecular complexity index is 187. The number of aromatic nitrogens is 1. The SMILES string of the molecule is CCc1cnccc1CO. The first kappa shape index (κ1) is 7.22. The van der Waals surface area contributed by atoms with Gasteiger partial charge in [-0.2, -0.15) is 0 Å². The summed E-state index contributed by atoms with van der Waals surface area (Å²) in [5.41, 5.74) is 2.11. The van der Waals surface area contributed by atoms with Gasteiger partial charge in [-0.15, -0.1) is 0 Å². The highest BCUT2D eigenvalue weighted by molar-refractivity contribution is 5.21. The molecule has 54 valence electrons. The monoisotopic (exact) mass is 137 g/mol. The summed E-state index contributed by atoms with van der Waals surface area (Å²) in [5.74, 6) is 0. The van der Waals surface area contributed by atoms with E-state index in [2.05, 4.69) is 11.9 Å². The van der Waals surface area contributed by atoms with Gasteiger partial charge in [-0.25, -0.2) is 0 Å². The molecule has 2 nitrogen and oxygen atoms in total. The highest BCUT2D eigenvalue weighted by Gasteiger charge is 1.95. The van der Waals surface area contributed by atoms with E-state index in [-0.39, 0.29) is 6.61 Å². The van der Waals surface area contributed by atoms with Gasteiger partial charge in [-0.05, 0) is 23.6 Å². The molecule has 0 aliphatic rings. The van der Waals surface area contributed by atoms with Gasteiger partial charge in [0.1, 0.15) is 0 Å². The zero-order valence-electron chi connectivity index (χ0n) is 6.04. The number of aliphatic hydroxyl groups is 1. The van der Waals surface area contributed by atoms with Gasteiger partial charge in [0.15, 0.2) is 0 Å². The van der Waals surface area contributed by atoms with Crippen LogP contribution in [0.3, 0.4) is 0 Å². The number of nitrogens with zero attached hydrogens (tertiary/aromatic N) is 1. The first-order chi connectivity index (χ1) is 4.88. The average molecular weight is 137 g/mol. The summed E-state index contributed by atoms with van der Waals surface area (Å²) >= 11 is 0. The second-order valence-electron chi connectivity index (χ2n) is 2.16. The summed E-state index contributed by atoms with van der Waals surface area (Å²) in [4.78, 5) is 3.95. The molecule has 0 radical (unpaired) electrons. The maximum absolute atomic E-state index is 8.82. The lowest BCUT2D eigenvalue weighted by Gasteiger charge is -2.01. The predicted octanol–water partition coefficient (Wildman–Crippen LogP) is 1.14. The lowest BCUT2D eigenvalue weighted by molar-refractivity contribution is 0.280. The van der Waals surface area contributed by atoms with Gasteiger partial charge in [-0.3, -0.25) is 4.98 Å². The molecule has 1 rings (SSSR count). The first-order valence-corrected chi connectivity index (χ1v) is 3.41. The van der Waals surface area contributed by atoms with Crippen molar-refractivity contribution in [2.75, 3.05) is 0 Å². The second-order valence-corrected chi connectivity index (χ2v) is 2.16. The average Bonchev–Trinajstić information content (AvgIpc) is 2.04. The molecule has 0 fully saturated rings. The second kappa shape index (κ2) is 3.32. The van der Waals surface area contributed by atoms with Crippen LogP contribution in [0.25, 0.3) is 0 Å². The van der Waals surface area contributed by atoms with E-state index in [4.69, 9.17) is 5.11 Å². The summed E-state index contributed by atoms with van der Waals surface area (Å²) in [6.07, 6.45) is 4.43. The number of aryl methyl sites for hydroxylation is 1. The minimum Gasteiger partial charge on any atom is -0.392 e. The topological polar surface area (TPSA) is 33.1 Å². The van der Waals surface area contributed by atoms with Crippen molar-refractivity contribution >= 4 is 0 Å². The van der Waals surface area contributed by atoms with Gasteiger partial charge < -0.3 is 5.11 Å². The maximum Gasteiger partial charge on any atom is 0.0685 e. The molecule has 1 aromatic heterocycles. The van der Waals surface area contributed by atoms with Crippen molar-refractivity contribution in [1.29, 1.82) is 0 Å². The predicted molar refractivity (Wildman–Crippen MR) is 39.5 cm³/mol. The molecule has 1 N–H and O–H groups in total. The zero-order valence-corrected chi connectivity index (χ0v) is 6.04. The number of aliphatic hydroxyl groups excluding tert-OH is 1. The van der Waals surface area contributed by atoms with E-state index in [9.17, 15) is 0 Å². The minimum absolute atomic E-state index is 0.117. The summed E-state index contributed by atoms with van der Waals surface area (Å²) in [6, 6.07) is 1.85. The molecular weight excluding hydrogens is 126 g/mol. The number of rotatable bonds is 2. The third-order valence-electron chi connectivity index (χ3n) is 1.56. The van der Waals surface area contributed by atoms with Crippen molar-refractivity contribution < 1.29 is 5.11 Å². The van der Waals surface area contributed by atoms with Crippen LogP contribution in [0.1, 0.15) is 18.1 Å². The van der Waals surface area contributed by atoms with E-state index in [1.54, 1.807) is 12.4 Å². The smallest absolute Gasteiger partial charge is 0.0685 e. The Hall–Kier alpha value is -0.890. The minimum atomic E-state index is 0.117. The molecule has 0 saturated carbocycles. The molecule has 10 heavy (non-hydrogen) atoms. The molecular formula is C8H11NO. The van der Waals surface area contributed by atoms with Crippen molar-refractivity contribution in [1.82, 2.24) is 4.98 Å². The Labute approximate surface area is 60.5 Å². The van der Waals surface area contributed by atoms with Crippen LogP contribution in [-0.2, 0) is 13.0 Å². The molecule has 1 heterocycles. The molecule has 0 unspecified atom stereocenters. The molecule has 0 atom stereocenters. The fourth-order valence-corrected chi connectivity index (χ4v) is 0.929. The fraction of sp³-hybridized carbons (Fsp3) is 0.375. The molecule has 0 aromatic carbocycles. The Morgan fingerprint density at radius 3 is 2.80 bits per heavy atom. The van der Waals surface area contributed by atoms with Crippen LogP contribution in [0.5, 0.6) is 0 Å². The quantitative estimate of drug-likeness (QED) is 0.663. The van der Waals surface area contributed by atoms with E-state index in [1.165, 1.54) is 0 Å². The molecule has 0 amide bonds. The fourth-order valence-electron chi connectivity index (χ4n) is 0.929. The van der Waals surface area contributed by atoms with Gasteiger partial charge in [0.2, 0.25) is 0 Å². The highest BCUT2D eigenvalue weighted by atomic mass is 16.3. The lowest BCUT2D eigenvalue weighted by Crippen LogP contribution is -1.92. The summed E-state index contributed by atoms with van der Waals surface area (Å²) in [6.45, 7) is 2.17. The van der Waals surface area contributed by atoms with E-state index < -0.39 is 0 Å². The van der Waals surface area contributed by atoms with Crippen LogP contribution in [0, 0.1) is 0 Å². The Morgan fingerprint density at radius 2 is 2.30 bits per heavy atom. The van der Waals surface area contributed by atoms with Gasteiger partial charge in [-0.1, -0.05) is 6.92 Å². The van der Waals surface area contributed by atoms with Crippen LogP contribution in [0.4, 0.5) is 0 Å². The Balaban J connectivity index is 2.96. The third-order valence-corrected chi connectivity index (χ3v) is 1.56. The van der Waals surface area contributed by atoms with E-state index in [0.29, 0.717) is 0 Å². The van der Waals surface area contributed by atoms with Crippen molar-refractivity contribution in [3.63, 3.8) is 0 Å². The molecule has 0 aliphatic carbocycles. The third kappa shape index (κ3) is 1.33. The highest BCUT2D eigenvalue weighted by Crippen LogP contribution is 2.06. The van der Waals surface area contributed by atoms with E-state index in [1.807, 2.05) is 6.07 Å². The number of hydrogen-bond acceptors (Lipinski definition) is 2. The number of pyridine rings is 1. The largest absolute Gasteiger partial charge is 0.392 e. The molecule has 0 bridgehead atoms. The Kier molecular flexibility index (Phi) is 2.40. The van der Waals surface area contributed by atoms with Crippen molar-refractivity contribution in [2.45, 2.75) is 20.0 Å². The molecule has 0 spiro atoms. The Morgan fingerprint density at radius 1 is 1.50 bits per heavy atom. The molecule has 2 heteroatoms. The van der Waals surface area contributed by atoms with Gasteiger partial charge in [0, 0.05) is 12.4 Å². The zero-order chi connectivity index (χ0) is 7.40. The summed E-state index contributed by atoms with van der Waals surface area (Å²) < 4.78 is 0. The van der Waals surface area contributed by atoms with Gasteiger partial charge in [0.05, 0.1) is 6.61 Å². The normalized spacial score (nSPS) is 9.80. The number of hydrogen-bond donors (Lipinski definition) is 1. The van der Waals surface area contributed by atoms with Crippen molar-refractivity contribution in [3.8, 4) is 0 Å². The van der Waals surface area contributed by atoms with E-state index in [0.717, 1.165) is 17.5 Å². The van der Waals surface area contributed by atoms with Gasteiger partial charge >= 0.3 is 0 Å². The summed E-state index contributed by atoms with van der Waals surface area (Å²) in [5, 5.41) is 8.82. The lowest BCUT2D eigenvalue weighted by atomic mass is 10.1. The standard InChI is InChI=1S/C8H11NO/c1-2-7-5-9-4-3-8(7)6-10/h3-5,10H,2,6H2,1H3. The van der Waals surface area contributed by atoms with Crippen LogP contribution in [0.2, 0.25) is 0 Å². The summed E-state index contributed by atoms with van der Waals surface area (Å²) in [7, 11) is 0. The molecule has 0 aliphatic heterocycles.